The van der Waals surface area contributed by atoms with Crippen molar-refractivity contribution in [3.63, 3.8) is 0 Å². The minimum atomic E-state index is 0. The van der Waals surface area contributed by atoms with Crippen LogP contribution in [0.2, 0.25) is 0 Å². The van der Waals surface area contributed by atoms with Gasteiger partial charge in [-0.2, -0.15) is 4.57 Å². The summed E-state index contributed by atoms with van der Waals surface area (Å²) in [6, 6.07) is 19.5. The Morgan fingerprint density at radius 3 is 2.24 bits per heavy atom. The lowest BCUT2D eigenvalue weighted by Gasteiger charge is -2.02. The van der Waals surface area contributed by atoms with Gasteiger partial charge in [-0.3, -0.25) is 0 Å². The van der Waals surface area contributed by atoms with Gasteiger partial charge in [-0.25, -0.2) is 0 Å². The van der Waals surface area contributed by atoms with Crippen molar-refractivity contribution in [1.29, 1.82) is 0 Å². The third kappa shape index (κ3) is 2.80. The molecule has 0 radical (unpaired) electrons. The molecule has 1 aliphatic heterocycles. The second-order valence-electron chi connectivity index (χ2n) is 4.83. The van der Waals surface area contributed by atoms with Gasteiger partial charge in [-0.15, -0.1) is 0 Å². The maximum atomic E-state index is 2.44. The van der Waals surface area contributed by atoms with Gasteiger partial charge in [-0.05, 0) is 35.0 Å². The summed E-state index contributed by atoms with van der Waals surface area (Å²) < 4.78 is 3.87. The SMILES string of the molecule is [Br-].c1ccc(-c2ccc(-c3csc4[n+]3CCS4)cc2)cc1. The van der Waals surface area contributed by atoms with Crippen LogP contribution < -0.4 is 21.5 Å². The summed E-state index contributed by atoms with van der Waals surface area (Å²) in [6.45, 7) is 1.14. The number of nitrogens with zero attached hydrogens (tertiary/aromatic N) is 1. The van der Waals surface area contributed by atoms with E-state index in [0.29, 0.717) is 0 Å². The molecule has 4 heteroatoms. The molecule has 21 heavy (non-hydrogen) atoms. The van der Waals surface area contributed by atoms with Gasteiger partial charge < -0.3 is 17.0 Å². The maximum absolute atomic E-state index is 2.44. The number of halogens is 1. The van der Waals surface area contributed by atoms with Crippen LogP contribution >= 0.6 is 23.1 Å². The lowest BCUT2D eigenvalue weighted by atomic mass is 10.0. The number of rotatable bonds is 2. The van der Waals surface area contributed by atoms with Crippen LogP contribution in [0.5, 0.6) is 0 Å². The first kappa shape index (κ1) is 14.8. The molecule has 106 valence electrons. The number of benzene rings is 2. The number of hydrogen-bond acceptors (Lipinski definition) is 2. The monoisotopic (exact) mass is 375 g/mol. The zero-order valence-electron chi connectivity index (χ0n) is 11.3. The first-order chi connectivity index (χ1) is 9.92. The quantitative estimate of drug-likeness (QED) is 0.613. The van der Waals surface area contributed by atoms with Crippen LogP contribution in [0.25, 0.3) is 22.4 Å². The molecule has 3 aromatic rings. The molecule has 0 spiro atoms. The van der Waals surface area contributed by atoms with Gasteiger partial charge in [0, 0.05) is 5.56 Å². The zero-order valence-corrected chi connectivity index (χ0v) is 14.5. The van der Waals surface area contributed by atoms with Crippen molar-refractivity contribution >= 4 is 23.1 Å². The Morgan fingerprint density at radius 2 is 1.48 bits per heavy atom. The van der Waals surface area contributed by atoms with Crippen molar-refractivity contribution in [2.24, 2.45) is 0 Å². The number of aromatic nitrogens is 1. The van der Waals surface area contributed by atoms with Crippen molar-refractivity contribution in [3.05, 3.63) is 60.0 Å². The molecule has 0 aliphatic carbocycles. The Hall–Kier alpha value is -1.10. The average Bonchev–Trinajstić information content (AvgIpc) is 3.11. The summed E-state index contributed by atoms with van der Waals surface area (Å²) in [5, 5.41) is 2.28. The van der Waals surface area contributed by atoms with Crippen LogP contribution in [0, 0.1) is 0 Å². The predicted octanol–water partition coefficient (Wildman–Crippen LogP) is 1.48. The van der Waals surface area contributed by atoms with Gasteiger partial charge in [-0.1, -0.05) is 53.8 Å². The molecule has 2 aromatic carbocycles. The van der Waals surface area contributed by atoms with Gasteiger partial charge in [0.2, 0.25) is 5.69 Å². The summed E-state index contributed by atoms with van der Waals surface area (Å²) in [4.78, 5) is 0. The Labute approximate surface area is 143 Å². The van der Waals surface area contributed by atoms with E-state index in [-0.39, 0.29) is 17.0 Å². The average molecular weight is 376 g/mol. The molecule has 0 saturated carbocycles. The van der Waals surface area contributed by atoms with Crippen LogP contribution in [0.3, 0.4) is 0 Å². The highest BCUT2D eigenvalue weighted by Crippen LogP contribution is 2.31. The Morgan fingerprint density at radius 1 is 0.810 bits per heavy atom. The Kier molecular flexibility index (Phi) is 4.48. The number of fused-ring (bicyclic) bond motifs is 1. The van der Waals surface area contributed by atoms with Gasteiger partial charge in [0.05, 0.1) is 11.1 Å². The fraction of sp³-hybridized carbons (Fsp3) is 0.118. The van der Waals surface area contributed by atoms with E-state index in [1.54, 1.807) is 0 Å². The van der Waals surface area contributed by atoms with Gasteiger partial charge in [0.15, 0.2) is 6.54 Å². The van der Waals surface area contributed by atoms with E-state index >= 15 is 0 Å². The van der Waals surface area contributed by atoms with E-state index in [2.05, 4.69) is 64.5 Å². The first-order valence-corrected chi connectivity index (χ1v) is 8.58. The number of thioether (sulfide) groups is 1. The third-order valence-corrected chi connectivity index (χ3v) is 5.87. The molecule has 4 rings (SSSR count). The predicted molar refractivity (Wildman–Crippen MR) is 86.1 cm³/mol. The van der Waals surface area contributed by atoms with Crippen molar-refractivity contribution in [3.8, 4) is 22.4 Å². The highest BCUT2D eigenvalue weighted by Gasteiger charge is 2.27. The molecule has 0 bridgehead atoms. The lowest BCUT2D eigenvalue weighted by Crippen LogP contribution is -3.00. The van der Waals surface area contributed by atoms with E-state index in [9.17, 15) is 0 Å². The van der Waals surface area contributed by atoms with E-state index in [4.69, 9.17) is 0 Å². The minimum absolute atomic E-state index is 0. The summed E-state index contributed by atoms with van der Waals surface area (Å²) in [5.41, 5.74) is 5.22. The van der Waals surface area contributed by atoms with Crippen LogP contribution in [0.4, 0.5) is 0 Å². The first-order valence-electron chi connectivity index (χ1n) is 6.72. The maximum Gasteiger partial charge on any atom is 0.298 e. The standard InChI is InChI=1S/C17H14NS2.BrH/c1-2-4-13(5-3-1)14-6-8-15(9-7-14)16-12-20-17-18(16)10-11-19-17;/h1-9,12H,10-11H2;1H/q+1;/p-1. The normalized spacial score (nSPS) is 12.8. The molecule has 0 N–H and O–H groups in total. The van der Waals surface area contributed by atoms with Crippen LogP contribution in [0.15, 0.2) is 64.3 Å². The van der Waals surface area contributed by atoms with E-state index in [0.717, 1.165) is 6.54 Å². The molecular weight excluding hydrogens is 362 g/mol. The lowest BCUT2D eigenvalue weighted by molar-refractivity contribution is -0.706. The second kappa shape index (κ2) is 6.34. The van der Waals surface area contributed by atoms with E-state index in [1.165, 1.54) is 32.5 Å². The Balaban J connectivity index is 0.00000132. The Bertz CT molecular complexity index is 735. The summed E-state index contributed by atoms with van der Waals surface area (Å²) in [6.07, 6.45) is 0. The molecule has 0 saturated heterocycles. The molecule has 1 aliphatic rings. The van der Waals surface area contributed by atoms with Crippen LogP contribution in [-0.2, 0) is 6.54 Å². The fourth-order valence-electron chi connectivity index (χ4n) is 2.57. The van der Waals surface area contributed by atoms with Crippen molar-refractivity contribution in [2.75, 3.05) is 5.75 Å². The molecule has 2 heterocycles. The number of hydrogen-bond donors (Lipinski definition) is 0. The topological polar surface area (TPSA) is 3.88 Å². The molecule has 1 aromatic heterocycles. The van der Waals surface area contributed by atoms with E-state index in [1.807, 2.05) is 23.1 Å². The molecule has 0 fully saturated rings. The van der Waals surface area contributed by atoms with Crippen LogP contribution in [-0.4, -0.2) is 5.75 Å². The van der Waals surface area contributed by atoms with Gasteiger partial charge >= 0.3 is 0 Å². The molecule has 0 amide bonds. The number of thiazole rings is 1. The summed E-state index contributed by atoms with van der Waals surface area (Å²) in [5.74, 6) is 1.21. The largest absolute Gasteiger partial charge is 1.00 e. The van der Waals surface area contributed by atoms with Crippen molar-refractivity contribution in [2.45, 2.75) is 10.9 Å². The summed E-state index contributed by atoms with van der Waals surface area (Å²) >= 11 is 3.82. The van der Waals surface area contributed by atoms with Crippen molar-refractivity contribution in [1.82, 2.24) is 0 Å². The van der Waals surface area contributed by atoms with Gasteiger partial charge in [0.1, 0.15) is 0 Å². The molecule has 0 atom stereocenters. The third-order valence-electron chi connectivity index (χ3n) is 3.61. The minimum Gasteiger partial charge on any atom is -1.00 e. The van der Waals surface area contributed by atoms with E-state index < -0.39 is 0 Å². The molecule has 0 unspecified atom stereocenters. The highest BCUT2D eigenvalue weighted by atomic mass is 79.9. The molecular formula is C17H14BrNS2. The molecule has 1 nitrogen and oxygen atoms in total. The van der Waals surface area contributed by atoms with Crippen LogP contribution in [0.1, 0.15) is 0 Å². The van der Waals surface area contributed by atoms with Crippen molar-refractivity contribution < 1.29 is 21.5 Å². The smallest absolute Gasteiger partial charge is 0.298 e. The fourth-order valence-corrected chi connectivity index (χ4v) is 4.82. The second-order valence-corrected chi connectivity index (χ2v) is 7.03. The van der Waals surface area contributed by atoms with Gasteiger partial charge in [0.25, 0.3) is 4.34 Å². The zero-order chi connectivity index (χ0) is 13.4. The highest BCUT2D eigenvalue weighted by molar-refractivity contribution is 8.01. The summed E-state index contributed by atoms with van der Waals surface area (Å²) in [7, 11) is 0.